The largest absolute Gasteiger partial charge is 0.469 e. The van der Waals surface area contributed by atoms with Crippen LogP contribution in [0.5, 0.6) is 0 Å². The molecule has 0 spiro atoms. The Labute approximate surface area is 258 Å². The summed E-state index contributed by atoms with van der Waals surface area (Å²) in [5.74, 6) is -1.20. The normalized spacial score (nSPS) is 17.6. The second-order valence-corrected chi connectivity index (χ2v) is 11.4. The number of alkyl carbamates (subject to hydrolysis) is 1. The Bertz CT molecular complexity index is 1030. The molecule has 3 unspecified atom stereocenters. The zero-order valence-electron chi connectivity index (χ0n) is 26.0. The Morgan fingerprint density at radius 2 is 1.80 bits per heavy atom. The summed E-state index contributed by atoms with van der Waals surface area (Å²) in [4.78, 5) is 57.1. The number of esters is 2. The molecule has 1 fully saturated rings. The Morgan fingerprint density at radius 1 is 1.09 bits per heavy atom. The van der Waals surface area contributed by atoms with Crippen molar-refractivity contribution in [2.75, 3.05) is 47.3 Å². The Morgan fingerprint density at radius 3 is 2.41 bits per heavy atom. The molecule has 0 aromatic heterocycles. The van der Waals surface area contributed by atoms with Gasteiger partial charge in [-0.2, -0.15) is 0 Å². The van der Waals surface area contributed by atoms with Gasteiger partial charge in [0.1, 0.15) is 19.3 Å². The van der Waals surface area contributed by atoms with E-state index in [-0.39, 0.29) is 38.6 Å². The third-order valence-electron chi connectivity index (χ3n) is 5.89. The fraction of sp³-hybridized carbons (Fsp3) is 0.607. The van der Waals surface area contributed by atoms with E-state index in [9.17, 15) is 24.0 Å². The number of benzene rings is 1. The minimum atomic E-state index is -1.94. The SMILES string of the molecule is CNC(C(=O)OCCNC(=O)OCOP1OCC(C)(C)C(C(=O)NCCC(=O)OC)O1)C(C)C.O=COCc1ccccc1. The van der Waals surface area contributed by atoms with Crippen LogP contribution in [0.15, 0.2) is 30.3 Å². The van der Waals surface area contributed by atoms with Gasteiger partial charge in [-0.15, -0.1) is 0 Å². The lowest BCUT2D eigenvalue weighted by atomic mass is 9.87. The van der Waals surface area contributed by atoms with Gasteiger partial charge in [-0.1, -0.05) is 58.0 Å². The van der Waals surface area contributed by atoms with Crippen molar-refractivity contribution in [2.45, 2.75) is 52.9 Å². The van der Waals surface area contributed by atoms with Gasteiger partial charge in [0.15, 0.2) is 6.10 Å². The highest BCUT2D eigenvalue weighted by Gasteiger charge is 2.44. The van der Waals surface area contributed by atoms with Crippen molar-refractivity contribution >= 4 is 39.0 Å². The maximum Gasteiger partial charge on any atom is 0.409 e. The number of rotatable bonds is 16. The quantitative estimate of drug-likeness (QED) is 0.0594. The molecule has 3 atom stereocenters. The molecule has 0 bridgehead atoms. The van der Waals surface area contributed by atoms with Crippen LogP contribution in [0.4, 0.5) is 4.79 Å². The molecular formula is C28H44N3O12P. The van der Waals surface area contributed by atoms with Crippen LogP contribution >= 0.6 is 8.60 Å². The van der Waals surface area contributed by atoms with E-state index in [1.807, 2.05) is 44.2 Å². The zero-order chi connectivity index (χ0) is 33.0. The van der Waals surface area contributed by atoms with Crippen molar-refractivity contribution in [3.8, 4) is 0 Å². The molecule has 0 aliphatic carbocycles. The fourth-order valence-electron chi connectivity index (χ4n) is 3.50. The van der Waals surface area contributed by atoms with E-state index in [0.29, 0.717) is 13.1 Å². The van der Waals surface area contributed by atoms with Gasteiger partial charge >= 0.3 is 26.6 Å². The highest BCUT2D eigenvalue weighted by Crippen LogP contribution is 2.50. The average Bonchev–Trinajstić information content (AvgIpc) is 2.99. The number of amides is 2. The average molecular weight is 646 g/mol. The lowest BCUT2D eigenvalue weighted by Crippen LogP contribution is -2.49. The summed E-state index contributed by atoms with van der Waals surface area (Å²) < 4.78 is 35.5. The number of ether oxygens (including phenoxy) is 4. The number of nitrogens with one attached hydrogen (secondary N) is 3. The van der Waals surface area contributed by atoms with Gasteiger partial charge in [0, 0.05) is 12.0 Å². The van der Waals surface area contributed by atoms with Crippen LogP contribution in [0.2, 0.25) is 0 Å². The van der Waals surface area contributed by atoms with E-state index >= 15 is 0 Å². The number of hydrogen-bond donors (Lipinski definition) is 3. The fourth-order valence-corrected chi connectivity index (χ4v) is 4.83. The standard InChI is InChI=1S/C20H36N3O10P.C8H8O2/c1-13(2)15(21-5)18(26)29-10-9-23-19(27)30-12-32-34-31-11-20(3,4)16(33-34)17(25)22-8-7-14(24)28-6;9-7-10-6-8-4-2-1-3-5-8/h13,15-16,21H,7-12H2,1-6H3,(H,22,25)(H,23,27);1-5,7H,6H2. The van der Waals surface area contributed by atoms with E-state index in [1.165, 1.54) is 7.11 Å². The van der Waals surface area contributed by atoms with Crippen LogP contribution < -0.4 is 16.0 Å². The van der Waals surface area contributed by atoms with Crippen LogP contribution in [0.25, 0.3) is 0 Å². The van der Waals surface area contributed by atoms with Gasteiger partial charge in [0.25, 0.3) is 6.47 Å². The van der Waals surface area contributed by atoms with Gasteiger partial charge in [0.05, 0.1) is 26.7 Å². The molecule has 3 N–H and O–H groups in total. The number of likely N-dealkylation sites (N-methyl/N-ethyl adjacent to an activating group) is 1. The van der Waals surface area contributed by atoms with Crippen molar-refractivity contribution < 1.29 is 56.5 Å². The molecule has 16 heteroatoms. The molecule has 1 saturated heterocycles. The van der Waals surface area contributed by atoms with Crippen molar-refractivity contribution in [2.24, 2.45) is 11.3 Å². The van der Waals surface area contributed by atoms with Gasteiger partial charge in [0.2, 0.25) is 12.7 Å². The van der Waals surface area contributed by atoms with Gasteiger partial charge in [-0.05, 0) is 18.5 Å². The highest BCUT2D eigenvalue weighted by molar-refractivity contribution is 7.41. The summed E-state index contributed by atoms with van der Waals surface area (Å²) in [7, 11) is 1.00. The minimum Gasteiger partial charge on any atom is -0.469 e. The molecule has 0 saturated carbocycles. The first-order valence-corrected chi connectivity index (χ1v) is 15.0. The molecule has 2 rings (SSSR count). The van der Waals surface area contributed by atoms with Crippen LogP contribution in [0, 0.1) is 11.3 Å². The monoisotopic (exact) mass is 645 g/mol. The lowest BCUT2D eigenvalue weighted by molar-refractivity contribution is -0.147. The summed E-state index contributed by atoms with van der Waals surface area (Å²) in [6.45, 7) is 8.04. The number of carbonyl (C=O) groups excluding carboxylic acids is 5. The van der Waals surface area contributed by atoms with Gasteiger partial charge < -0.3 is 39.4 Å². The molecule has 1 heterocycles. The first kappa shape index (κ1) is 38.7. The molecule has 44 heavy (non-hydrogen) atoms. The summed E-state index contributed by atoms with van der Waals surface area (Å²) in [6.07, 6.45) is -1.64. The van der Waals surface area contributed by atoms with E-state index in [4.69, 9.17) is 23.0 Å². The minimum absolute atomic E-state index is 0.0134. The van der Waals surface area contributed by atoms with Crippen molar-refractivity contribution in [1.82, 2.24) is 16.0 Å². The summed E-state index contributed by atoms with van der Waals surface area (Å²) in [5.41, 5.74) is 0.365. The number of hydrogen-bond acceptors (Lipinski definition) is 13. The number of carbonyl (C=O) groups is 5. The second-order valence-electron chi connectivity index (χ2n) is 10.3. The maximum absolute atomic E-state index is 12.5. The van der Waals surface area contributed by atoms with Gasteiger partial charge in [-0.25, -0.2) is 4.79 Å². The molecule has 1 aliphatic heterocycles. The summed E-state index contributed by atoms with van der Waals surface area (Å²) in [6, 6.07) is 9.12. The number of methoxy groups -OCH3 is 1. The topological polar surface area (TPSA) is 186 Å². The summed E-state index contributed by atoms with van der Waals surface area (Å²) in [5, 5.41) is 7.92. The molecule has 1 aromatic rings. The van der Waals surface area contributed by atoms with Crippen molar-refractivity contribution in [3.05, 3.63) is 35.9 Å². The molecule has 248 valence electrons. The Balaban J connectivity index is 0.000000813. The molecule has 0 radical (unpaired) electrons. The van der Waals surface area contributed by atoms with Gasteiger partial charge in [-0.3, -0.25) is 28.2 Å². The first-order valence-electron chi connectivity index (χ1n) is 13.9. The van der Waals surface area contributed by atoms with E-state index < -0.39 is 56.9 Å². The van der Waals surface area contributed by atoms with Crippen LogP contribution in [-0.4, -0.2) is 89.8 Å². The maximum atomic E-state index is 12.5. The third-order valence-corrected chi connectivity index (χ3v) is 6.93. The molecule has 1 aromatic carbocycles. The smallest absolute Gasteiger partial charge is 0.409 e. The van der Waals surface area contributed by atoms with Crippen LogP contribution in [0.1, 0.15) is 39.7 Å². The van der Waals surface area contributed by atoms with Crippen molar-refractivity contribution in [1.29, 1.82) is 0 Å². The highest BCUT2D eigenvalue weighted by atomic mass is 31.2. The predicted octanol–water partition coefficient (Wildman–Crippen LogP) is 2.18. The zero-order valence-corrected chi connectivity index (χ0v) is 26.9. The molecule has 2 amide bonds. The van der Waals surface area contributed by atoms with Crippen molar-refractivity contribution in [3.63, 3.8) is 0 Å². The van der Waals surface area contributed by atoms with E-state index in [0.717, 1.165) is 5.56 Å². The lowest BCUT2D eigenvalue weighted by Gasteiger charge is -2.39. The third kappa shape index (κ3) is 15.4. The van der Waals surface area contributed by atoms with Crippen LogP contribution in [-0.2, 0) is 58.3 Å². The first-order chi connectivity index (χ1) is 20.9. The van der Waals surface area contributed by atoms with E-state index in [2.05, 4.69) is 25.4 Å². The molecule has 15 nitrogen and oxygen atoms in total. The Hall–Kier alpha value is -3.36. The Kier molecular flexibility index (Phi) is 18.8. The summed E-state index contributed by atoms with van der Waals surface area (Å²) >= 11 is 0. The molecular weight excluding hydrogens is 601 g/mol. The van der Waals surface area contributed by atoms with Crippen LogP contribution in [0.3, 0.4) is 0 Å². The van der Waals surface area contributed by atoms with E-state index in [1.54, 1.807) is 20.9 Å². The predicted molar refractivity (Wildman–Crippen MR) is 158 cm³/mol. The molecule has 1 aliphatic rings. The second kappa shape index (κ2) is 21.4.